The highest BCUT2D eigenvalue weighted by Crippen LogP contribution is 2.07. The first-order chi connectivity index (χ1) is 3.80. The van der Waals surface area contributed by atoms with E-state index >= 15 is 0 Å². The van der Waals surface area contributed by atoms with Gasteiger partial charge in [-0.1, -0.05) is 24.3 Å². The van der Waals surface area contributed by atoms with E-state index in [4.69, 9.17) is 5.73 Å². The third kappa shape index (κ3) is 1.14. The summed E-state index contributed by atoms with van der Waals surface area (Å²) < 4.78 is 0. The molecule has 0 aromatic heterocycles. The topological polar surface area (TPSA) is 26.0 Å². The van der Waals surface area contributed by atoms with Gasteiger partial charge in [-0.3, -0.25) is 0 Å². The van der Waals surface area contributed by atoms with Crippen LogP contribution in [0.25, 0.3) is 0 Å². The molecule has 2 atom stereocenters. The summed E-state index contributed by atoms with van der Waals surface area (Å²) in [6.07, 6.45) is 7.82. The Hall–Kier alpha value is -0.210. The molecule has 0 aromatic rings. The van der Waals surface area contributed by atoms with Gasteiger partial charge in [0.1, 0.15) is 0 Å². The maximum Gasteiger partial charge on any atom is 0.0387 e. The molecular weight excluding hydrogens is 118 g/mol. The van der Waals surface area contributed by atoms with Crippen molar-refractivity contribution in [2.75, 3.05) is 0 Å². The molecule has 0 spiro atoms. The Bertz CT molecular complexity index is 112. The minimum atomic E-state index is 0.100. The molecule has 0 aromatic carbocycles. The van der Waals surface area contributed by atoms with Crippen LogP contribution in [-0.2, 0) is 0 Å². The maximum absolute atomic E-state index is 5.56. The molecule has 0 aliphatic heterocycles. The highest BCUT2D eigenvalue weighted by molar-refractivity contribution is 7.81. The van der Waals surface area contributed by atoms with Crippen molar-refractivity contribution in [2.45, 2.75) is 11.3 Å². The molecule has 0 heterocycles. The molecule has 8 heavy (non-hydrogen) atoms. The molecule has 1 rings (SSSR count). The van der Waals surface area contributed by atoms with Crippen molar-refractivity contribution in [3.05, 3.63) is 24.3 Å². The van der Waals surface area contributed by atoms with E-state index in [9.17, 15) is 0 Å². The zero-order chi connectivity index (χ0) is 5.98. The Morgan fingerprint density at radius 3 is 2.25 bits per heavy atom. The van der Waals surface area contributed by atoms with E-state index in [0.29, 0.717) is 0 Å². The fraction of sp³-hybridized carbons (Fsp3) is 0.333. The summed E-state index contributed by atoms with van der Waals surface area (Å²) in [5.41, 5.74) is 5.56. The Morgan fingerprint density at radius 2 is 1.88 bits per heavy atom. The van der Waals surface area contributed by atoms with Crippen LogP contribution in [0.3, 0.4) is 0 Å². The first kappa shape index (κ1) is 5.92. The monoisotopic (exact) mass is 127 g/mol. The maximum atomic E-state index is 5.56. The third-order valence-electron chi connectivity index (χ3n) is 1.15. The van der Waals surface area contributed by atoms with Gasteiger partial charge in [0, 0.05) is 11.3 Å². The summed E-state index contributed by atoms with van der Waals surface area (Å²) in [6, 6.07) is 0.100. The standard InChI is InChI=1S/C6H9NS/c7-5-3-1-2-4-6(5)8/h1-6,8H,7H2. The number of hydrogen-bond acceptors (Lipinski definition) is 2. The van der Waals surface area contributed by atoms with Crippen molar-refractivity contribution < 1.29 is 0 Å². The summed E-state index contributed by atoms with van der Waals surface area (Å²) >= 11 is 4.19. The smallest absolute Gasteiger partial charge is 0.0387 e. The number of rotatable bonds is 0. The molecule has 1 nitrogen and oxygen atoms in total. The van der Waals surface area contributed by atoms with Crippen LogP contribution in [0.5, 0.6) is 0 Å². The average Bonchev–Trinajstić information content (AvgIpc) is 1.77. The molecule has 2 heteroatoms. The van der Waals surface area contributed by atoms with Gasteiger partial charge in [0.15, 0.2) is 0 Å². The van der Waals surface area contributed by atoms with Crippen LogP contribution in [0, 0.1) is 0 Å². The SMILES string of the molecule is NC1C=CC=CC1S. The fourth-order valence-corrected chi connectivity index (χ4v) is 0.811. The van der Waals surface area contributed by atoms with Crippen molar-refractivity contribution in [3.8, 4) is 0 Å². The second-order valence-electron chi connectivity index (χ2n) is 1.84. The van der Waals surface area contributed by atoms with Gasteiger partial charge < -0.3 is 5.73 Å². The largest absolute Gasteiger partial charge is 0.323 e. The summed E-state index contributed by atoms with van der Waals surface area (Å²) in [5.74, 6) is 0. The summed E-state index contributed by atoms with van der Waals surface area (Å²) in [6.45, 7) is 0. The number of thiol groups is 1. The first-order valence-electron chi connectivity index (χ1n) is 2.59. The molecule has 0 fully saturated rings. The molecule has 1 aliphatic rings. The van der Waals surface area contributed by atoms with Crippen molar-refractivity contribution >= 4 is 12.6 Å². The van der Waals surface area contributed by atoms with Gasteiger partial charge in [0.05, 0.1) is 0 Å². The van der Waals surface area contributed by atoms with Gasteiger partial charge >= 0.3 is 0 Å². The first-order valence-corrected chi connectivity index (χ1v) is 3.11. The van der Waals surface area contributed by atoms with Crippen molar-refractivity contribution in [2.24, 2.45) is 5.73 Å². The molecule has 0 saturated carbocycles. The fourth-order valence-electron chi connectivity index (χ4n) is 0.613. The highest BCUT2D eigenvalue weighted by atomic mass is 32.1. The molecule has 0 saturated heterocycles. The Morgan fingerprint density at radius 1 is 1.25 bits per heavy atom. The lowest BCUT2D eigenvalue weighted by atomic mass is 10.1. The Labute approximate surface area is 54.7 Å². The van der Waals surface area contributed by atoms with E-state index in [0.717, 1.165) is 0 Å². The number of hydrogen-bond donors (Lipinski definition) is 2. The van der Waals surface area contributed by atoms with Crippen LogP contribution >= 0.6 is 12.6 Å². The van der Waals surface area contributed by atoms with Crippen LogP contribution in [0.15, 0.2) is 24.3 Å². The second-order valence-corrected chi connectivity index (χ2v) is 2.43. The highest BCUT2D eigenvalue weighted by Gasteiger charge is 2.07. The summed E-state index contributed by atoms with van der Waals surface area (Å²) in [7, 11) is 0. The molecule has 1 aliphatic carbocycles. The second kappa shape index (κ2) is 2.37. The predicted octanol–water partition coefficient (Wildman–Crippen LogP) is 0.738. The van der Waals surface area contributed by atoms with Gasteiger partial charge in [0.2, 0.25) is 0 Å². The molecule has 2 N–H and O–H groups in total. The molecule has 44 valence electrons. The van der Waals surface area contributed by atoms with Crippen molar-refractivity contribution in [1.29, 1.82) is 0 Å². The quantitative estimate of drug-likeness (QED) is 0.461. The van der Waals surface area contributed by atoms with E-state index in [1.807, 2.05) is 24.3 Å². The van der Waals surface area contributed by atoms with E-state index < -0.39 is 0 Å². The number of nitrogens with two attached hydrogens (primary N) is 1. The lowest BCUT2D eigenvalue weighted by molar-refractivity contribution is 0.845. The van der Waals surface area contributed by atoms with Crippen LogP contribution < -0.4 is 5.73 Å². The minimum Gasteiger partial charge on any atom is -0.323 e. The van der Waals surface area contributed by atoms with Crippen LogP contribution in [0.4, 0.5) is 0 Å². The summed E-state index contributed by atoms with van der Waals surface area (Å²) in [4.78, 5) is 0. The summed E-state index contributed by atoms with van der Waals surface area (Å²) in [5, 5.41) is 0.208. The zero-order valence-corrected chi connectivity index (χ0v) is 5.38. The van der Waals surface area contributed by atoms with E-state index in [1.54, 1.807) is 0 Å². The third-order valence-corrected chi connectivity index (χ3v) is 1.66. The Kier molecular flexibility index (Phi) is 1.76. The van der Waals surface area contributed by atoms with Gasteiger partial charge in [-0.05, 0) is 0 Å². The van der Waals surface area contributed by atoms with Gasteiger partial charge in [0.25, 0.3) is 0 Å². The molecular formula is C6H9NS. The van der Waals surface area contributed by atoms with Crippen molar-refractivity contribution in [1.82, 2.24) is 0 Å². The normalized spacial score (nSPS) is 35.8. The lowest BCUT2D eigenvalue weighted by Crippen LogP contribution is -2.28. The van der Waals surface area contributed by atoms with E-state index in [-0.39, 0.29) is 11.3 Å². The molecule has 0 amide bonds. The van der Waals surface area contributed by atoms with Crippen LogP contribution in [0.1, 0.15) is 0 Å². The van der Waals surface area contributed by atoms with E-state index in [1.165, 1.54) is 0 Å². The lowest BCUT2D eigenvalue weighted by Gasteiger charge is -2.12. The van der Waals surface area contributed by atoms with Gasteiger partial charge in [-0.25, -0.2) is 0 Å². The average molecular weight is 127 g/mol. The minimum absolute atomic E-state index is 0.100. The van der Waals surface area contributed by atoms with Gasteiger partial charge in [-0.2, -0.15) is 12.6 Å². The van der Waals surface area contributed by atoms with Crippen LogP contribution in [0.2, 0.25) is 0 Å². The predicted molar refractivity (Wildman–Crippen MR) is 39.0 cm³/mol. The molecule has 0 radical (unpaired) electrons. The number of allylic oxidation sites excluding steroid dienone is 2. The van der Waals surface area contributed by atoms with Gasteiger partial charge in [-0.15, -0.1) is 0 Å². The molecule has 0 bridgehead atoms. The zero-order valence-electron chi connectivity index (χ0n) is 4.49. The van der Waals surface area contributed by atoms with Crippen molar-refractivity contribution in [3.63, 3.8) is 0 Å². The molecule has 2 unspecified atom stereocenters. The Balaban J connectivity index is 2.59. The van der Waals surface area contributed by atoms with E-state index in [2.05, 4.69) is 12.6 Å². The van der Waals surface area contributed by atoms with Crippen LogP contribution in [-0.4, -0.2) is 11.3 Å².